The van der Waals surface area contributed by atoms with Gasteiger partial charge in [0.2, 0.25) is 5.82 Å². The lowest BCUT2D eigenvalue weighted by Gasteiger charge is -2.06. The number of nitro benzene ring substituents is 1. The summed E-state index contributed by atoms with van der Waals surface area (Å²) < 4.78 is 18.3. The van der Waals surface area contributed by atoms with Gasteiger partial charge < -0.3 is 15.2 Å². The quantitative estimate of drug-likeness (QED) is 0.419. The van der Waals surface area contributed by atoms with Crippen LogP contribution in [-0.2, 0) is 4.74 Å². The molecule has 0 aromatic heterocycles. The molecule has 1 rings (SSSR count). The van der Waals surface area contributed by atoms with E-state index in [0.717, 1.165) is 12.1 Å². The monoisotopic (exact) mass is 286 g/mol. The van der Waals surface area contributed by atoms with Crippen LogP contribution in [0.4, 0.5) is 10.1 Å². The summed E-state index contributed by atoms with van der Waals surface area (Å²) in [7, 11) is 0. The van der Waals surface area contributed by atoms with Gasteiger partial charge in [-0.1, -0.05) is 0 Å². The van der Waals surface area contributed by atoms with E-state index in [2.05, 4.69) is 5.32 Å². The van der Waals surface area contributed by atoms with Gasteiger partial charge in [-0.05, 0) is 18.6 Å². The molecule has 0 aliphatic heterocycles. The summed E-state index contributed by atoms with van der Waals surface area (Å²) in [5, 5.41) is 21.4. The summed E-state index contributed by atoms with van der Waals surface area (Å²) in [5.74, 6) is -1.56. The van der Waals surface area contributed by atoms with Gasteiger partial charge in [0.05, 0.1) is 18.1 Å². The van der Waals surface area contributed by atoms with E-state index in [0.29, 0.717) is 19.6 Å². The standard InChI is InChI=1S/C12H15FN2O5/c13-10-8-9(2-3-11(10)15(18)19)12(17)14-4-1-6-20-7-5-16/h2-3,8,16H,1,4-7H2,(H,14,17). The maximum atomic E-state index is 13.3. The van der Waals surface area contributed by atoms with Gasteiger partial charge in [-0.25, -0.2) is 0 Å². The summed E-state index contributed by atoms with van der Waals surface area (Å²) in [4.78, 5) is 21.2. The van der Waals surface area contributed by atoms with E-state index in [9.17, 15) is 19.3 Å². The Morgan fingerprint density at radius 2 is 2.20 bits per heavy atom. The predicted molar refractivity (Wildman–Crippen MR) is 67.9 cm³/mol. The smallest absolute Gasteiger partial charge is 0.304 e. The Hall–Kier alpha value is -2.06. The summed E-state index contributed by atoms with van der Waals surface area (Å²) >= 11 is 0. The zero-order chi connectivity index (χ0) is 15.0. The average Bonchev–Trinajstić information content (AvgIpc) is 2.41. The molecule has 0 unspecified atom stereocenters. The van der Waals surface area contributed by atoms with E-state index < -0.39 is 22.3 Å². The van der Waals surface area contributed by atoms with E-state index in [1.807, 2.05) is 0 Å². The molecule has 0 bridgehead atoms. The van der Waals surface area contributed by atoms with Crippen molar-refractivity contribution in [2.24, 2.45) is 0 Å². The lowest BCUT2D eigenvalue weighted by Crippen LogP contribution is -2.25. The summed E-state index contributed by atoms with van der Waals surface area (Å²) in [5.41, 5.74) is -0.650. The highest BCUT2D eigenvalue weighted by atomic mass is 19.1. The van der Waals surface area contributed by atoms with Crippen molar-refractivity contribution >= 4 is 11.6 Å². The van der Waals surface area contributed by atoms with Crippen molar-refractivity contribution in [1.29, 1.82) is 0 Å². The lowest BCUT2D eigenvalue weighted by atomic mass is 10.2. The van der Waals surface area contributed by atoms with Crippen molar-refractivity contribution in [2.75, 3.05) is 26.4 Å². The van der Waals surface area contributed by atoms with Crippen molar-refractivity contribution in [2.45, 2.75) is 6.42 Å². The van der Waals surface area contributed by atoms with Crippen molar-refractivity contribution in [3.63, 3.8) is 0 Å². The number of nitrogens with one attached hydrogen (secondary N) is 1. The fraction of sp³-hybridized carbons (Fsp3) is 0.417. The third-order valence-corrected chi connectivity index (χ3v) is 2.39. The van der Waals surface area contributed by atoms with E-state index in [-0.39, 0.29) is 18.8 Å². The van der Waals surface area contributed by atoms with Crippen LogP contribution in [0.2, 0.25) is 0 Å². The molecule has 1 aromatic rings. The fourth-order valence-electron chi connectivity index (χ4n) is 1.44. The molecule has 0 spiro atoms. The number of aliphatic hydroxyl groups is 1. The zero-order valence-electron chi connectivity index (χ0n) is 10.7. The molecule has 2 N–H and O–H groups in total. The van der Waals surface area contributed by atoms with Gasteiger partial charge in [-0.2, -0.15) is 4.39 Å². The Bertz CT molecular complexity index is 481. The highest BCUT2D eigenvalue weighted by molar-refractivity contribution is 5.94. The number of aliphatic hydroxyl groups excluding tert-OH is 1. The van der Waals surface area contributed by atoms with Crippen LogP contribution in [0.25, 0.3) is 0 Å². The first-order valence-electron chi connectivity index (χ1n) is 5.97. The van der Waals surface area contributed by atoms with E-state index in [1.54, 1.807) is 0 Å². The van der Waals surface area contributed by atoms with Crippen LogP contribution in [0, 0.1) is 15.9 Å². The second-order valence-corrected chi connectivity index (χ2v) is 3.87. The molecule has 0 radical (unpaired) electrons. The number of nitrogens with zero attached hydrogens (tertiary/aromatic N) is 1. The van der Waals surface area contributed by atoms with Crippen molar-refractivity contribution in [3.8, 4) is 0 Å². The SMILES string of the molecule is O=C(NCCCOCCO)c1ccc([N+](=O)[O-])c(F)c1. The normalized spacial score (nSPS) is 10.3. The summed E-state index contributed by atoms with van der Waals surface area (Å²) in [6, 6.07) is 2.98. The van der Waals surface area contributed by atoms with Gasteiger partial charge in [0.1, 0.15) is 0 Å². The minimum absolute atomic E-state index is 0.0179. The molecule has 0 heterocycles. The van der Waals surface area contributed by atoms with Gasteiger partial charge >= 0.3 is 5.69 Å². The number of carbonyl (C=O) groups is 1. The number of benzene rings is 1. The third-order valence-electron chi connectivity index (χ3n) is 2.39. The molecule has 1 aromatic carbocycles. The molecule has 0 fully saturated rings. The first kappa shape index (κ1) is 16.0. The Labute approximate surface area is 114 Å². The van der Waals surface area contributed by atoms with Gasteiger partial charge in [-0.3, -0.25) is 14.9 Å². The minimum atomic E-state index is -1.05. The average molecular weight is 286 g/mol. The van der Waals surface area contributed by atoms with Crippen LogP contribution in [-0.4, -0.2) is 42.3 Å². The number of nitro groups is 1. The molecule has 0 aliphatic rings. The molecule has 7 nitrogen and oxygen atoms in total. The number of halogens is 1. The topological polar surface area (TPSA) is 102 Å². The van der Waals surface area contributed by atoms with Crippen LogP contribution in [0.1, 0.15) is 16.8 Å². The molecule has 1 amide bonds. The van der Waals surface area contributed by atoms with Crippen molar-refractivity contribution < 1.29 is 24.0 Å². The molecule has 110 valence electrons. The Balaban J connectivity index is 2.44. The molecule has 0 saturated carbocycles. The zero-order valence-corrected chi connectivity index (χ0v) is 10.7. The molecule has 0 atom stereocenters. The second-order valence-electron chi connectivity index (χ2n) is 3.87. The number of rotatable bonds is 8. The first-order valence-corrected chi connectivity index (χ1v) is 5.97. The number of carbonyl (C=O) groups excluding carboxylic acids is 1. The maximum absolute atomic E-state index is 13.3. The van der Waals surface area contributed by atoms with Crippen LogP contribution >= 0.6 is 0 Å². The highest BCUT2D eigenvalue weighted by Crippen LogP contribution is 2.17. The van der Waals surface area contributed by atoms with E-state index in [1.165, 1.54) is 6.07 Å². The largest absolute Gasteiger partial charge is 0.394 e. The maximum Gasteiger partial charge on any atom is 0.304 e. The first-order chi connectivity index (χ1) is 9.56. The number of ether oxygens (including phenoxy) is 1. The van der Waals surface area contributed by atoms with E-state index >= 15 is 0 Å². The lowest BCUT2D eigenvalue weighted by molar-refractivity contribution is -0.387. The van der Waals surface area contributed by atoms with Crippen molar-refractivity contribution in [3.05, 3.63) is 39.7 Å². The summed E-state index contributed by atoms with van der Waals surface area (Å²) in [6.07, 6.45) is 0.543. The molecule has 20 heavy (non-hydrogen) atoms. The molecule has 8 heteroatoms. The fourth-order valence-corrected chi connectivity index (χ4v) is 1.44. The predicted octanol–water partition coefficient (Wildman–Crippen LogP) is 0.863. The van der Waals surface area contributed by atoms with Crippen LogP contribution in [0.3, 0.4) is 0 Å². The molecule has 0 saturated heterocycles. The Morgan fingerprint density at radius 1 is 1.45 bits per heavy atom. The number of hydrogen-bond donors (Lipinski definition) is 2. The van der Waals surface area contributed by atoms with Gasteiger partial charge in [0.15, 0.2) is 0 Å². The van der Waals surface area contributed by atoms with Gasteiger partial charge in [-0.15, -0.1) is 0 Å². The summed E-state index contributed by atoms with van der Waals surface area (Å²) in [6.45, 7) is 0.883. The Morgan fingerprint density at radius 3 is 2.80 bits per heavy atom. The van der Waals surface area contributed by atoms with Crippen LogP contribution < -0.4 is 5.32 Å². The third kappa shape index (κ3) is 4.90. The van der Waals surface area contributed by atoms with Crippen LogP contribution in [0.5, 0.6) is 0 Å². The Kier molecular flexibility index (Phi) is 6.54. The number of hydrogen-bond acceptors (Lipinski definition) is 5. The highest BCUT2D eigenvalue weighted by Gasteiger charge is 2.16. The van der Waals surface area contributed by atoms with Crippen molar-refractivity contribution in [1.82, 2.24) is 5.32 Å². The van der Waals surface area contributed by atoms with Crippen LogP contribution in [0.15, 0.2) is 18.2 Å². The van der Waals surface area contributed by atoms with Gasteiger partial charge in [0.25, 0.3) is 5.91 Å². The van der Waals surface area contributed by atoms with Gasteiger partial charge in [0, 0.05) is 24.8 Å². The number of amides is 1. The second kappa shape index (κ2) is 8.18. The minimum Gasteiger partial charge on any atom is -0.394 e. The molecular formula is C12H15FN2O5. The molecular weight excluding hydrogens is 271 g/mol. The van der Waals surface area contributed by atoms with E-state index in [4.69, 9.17) is 9.84 Å². The molecule has 0 aliphatic carbocycles.